The van der Waals surface area contributed by atoms with Gasteiger partial charge in [0.25, 0.3) is 0 Å². The molecule has 0 saturated carbocycles. The van der Waals surface area contributed by atoms with Crippen LogP contribution in [0.1, 0.15) is 27.8 Å². The van der Waals surface area contributed by atoms with Crippen LogP contribution in [-0.4, -0.2) is 15.0 Å². The lowest BCUT2D eigenvalue weighted by Crippen LogP contribution is -2.28. The predicted molar refractivity (Wildman–Crippen MR) is 229 cm³/mol. The van der Waals surface area contributed by atoms with E-state index in [1.807, 2.05) is 67.0 Å². The van der Waals surface area contributed by atoms with Crippen LogP contribution in [0.5, 0.6) is 0 Å². The van der Waals surface area contributed by atoms with Gasteiger partial charge in [-0.25, -0.2) is 4.98 Å². The zero-order valence-electron chi connectivity index (χ0n) is 30.9. The summed E-state index contributed by atoms with van der Waals surface area (Å²) in [5.41, 5.74) is 16.9. The lowest BCUT2D eigenvalue weighted by molar-refractivity contribution is 0.768. The van der Waals surface area contributed by atoms with Crippen molar-refractivity contribution in [3.8, 4) is 73.4 Å². The molecule has 0 unspecified atom stereocenters. The van der Waals surface area contributed by atoms with E-state index in [1.165, 1.54) is 33.4 Å². The van der Waals surface area contributed by atoms with E-state index in [0.717, 1.165) is 56.2 Å². The van der Waals surface area contributed by atoms with Gasteiger partial charge in [-0.15, -0.1) is 0 Å². The maximum absolute atomic E-state index is 9.64. The molecule has 0 fully saturated rings. The first-order valence-electron chi connectivity index (χ1n) is 19.1. The van der Waals surface area contributed by atoms with Crippen molar-refractivity contribution < 1.29 is 0 Å². The third-order valence-corrected chi connectivity index (χ3v) is 11.1. The van der Waals surface area contributed by atoms with Crippen molar-refractivity contribution in [1.29, 1.82) is 5.26 Å². The SMILES string of the molecule is N#Cc1cccc(-c2ccc(-c3c(-c4cc(-c5ccccn5)nc(-c5ccccn5)c4)ccc4c3-c3ccccc3C4(c3ccccc3)c3ccccc3)cc2)c1. The van der Waals surface area contributed by atoms with Gasteiger partial charge >= 0.3 is 0 Å². The van der Waals surface area contributed by atoms with E-state index >= 15 is 0 Å². The maximum Gasteiger partial charge on any atom is 0.0991 e. The van der Waals surface area contributed by atoms with Crippen molar-refractivity contribution >= 4 is 0 Å². The fourth-order valence-corrected chi connectivity index (χ4v) is 8.65. The van der Waals surface area contributed by atoms with Crippen LogP contribution in [0.15, 0.2) is 207 Å². The van der Waals surface area contributed by atoms with E-state index < -0.39 is 5.41 Å². The molecule has 0 radical (unpaired) electrons. The molecule has 4 heteroatoms. The summed E-state index contributed by atoms with van der Waals surface area (Å²) < 4.78 is 0. The molecule has 0 saturated heterocycles. The van der Waals surface area contributed by atoms with Gasteiger partial charge in [-0.05, 0) is 115 Å². The van der Waals surface area contributed by atoms with E-state index in [4.69, 9.17) is 15.0 Å². The highest BCUT2D eigenvalue weighted by atomic mass is 14.8. The van der Waals surface area contributed by atoms with Crippen LogP contribution >= 0.6 is 0 Å². The second-order valence-electron chi connectivity index (χ2n) is 14.3. The fourth-order valence-electron chi connectivity index (χ4n) is 8.65. The fraction of sp³-hybridized carbons (Fsp3) is 0.0189. The molecule has 10 rings (SSSR count). The van der Waals surface area contributed by atoms with Gasteiger partial charge in [0.05, 0.1) is 39.8 Å². The predicted octanol–water partition coefficient (Wildman–Crippen LogP) is 12.4. The Morgan fingerprint density at radius 3 is 1.60 bits per heavy atom. The molecule has 9 aromatic rings. The Morgan fingerprint density at radius 2 is 0.982 bits per heavy atom. The summed E-state index contributed by atoms with van der Waals surface area (Å²) in [6, 6.07) is 70.4. The summed E-state index contributed by atoms with van der Waals surface area (Å²) in [7, 11) is 0. The zero-order chi connectivity index (χ0) is 38.2. The van der Waals surface area contributed by atoms with Gasteiger partial charge in [-0.3, -0.25) is 9.97 Å². The summed E-state index contributed by atoms with van der Waals surface area (Å²) >= 11 is 0. The van der Waals surface area contributed by atoms with E-state index in [9.17, 15) is 5.26 Å². The number of nitriles is 1. The normalized spacial score (nSPS) is 12.3. The standard InChI is InChI=1S/C53H34N4/c54-35-36-14-13-15-39(32-36)37-24-26-38(27-25-37)51-43(40-33-49(47-22-9-11-30-55-47)57-50(34-40)48-23-10-12-31-56-48)28-29-46-52(51)44-20-7-8-21-45(44)53(46,41-16-3-1-4-17-41)42-18-5-2-6-19-42/h1-34H. The first-order chi connectivity index (χ1) is 28.2. The quantitative estimate of drug-likeness (QED) is 0.164. The van der Waals surface area contributed by atoms with E-state index in [1.54, 1.807) is 0 Å². The van der Waals surface area contributed by atoms with Crippen molar-refractivity contribution in [2.24, 2.45) is 0 Å². The molecule has 266 valence electrons. The van der Waals surface area contributed by atoms with Gasteiger partial charge in [-0.2, -0.15) is 5.26 Å². The molecule has 57 heavy (non-hydrogen) atoms. The molecule has 0 amide bonds. The average molecular weight is 727 g/mol. The topological polar surface area (TPSA) is 62.5 Å². The summed E-state index contributed by atoms with van der Waals surface area (Å²) in [6.07, 6.45) is 3.62. The van der Waals surface area contributed by atoms with Crippen LogP contribution in [0.3, 0.4) is 0 Å². The molecule has 0 aliphatic heterocycles. The summed E-state index contributed by atoms with van der Waals surface area (Å²) in [5, 5.41) is 9.64. The minimum Gasteiger partial charge on any atom is -0.255 e. The van der Waals surface area contributed by atoms with Crippen molar-refractivity contribution in [2.45, 2.75) is 5.41 Å². The number of pyridine rings is 3. The lowest BCUT2D eigenvalue weighted by Gasteiger charge is -2.34. The molecule has 6 aromatic carbocycles. The van der Waals surface area contributed by atoms with Crippen molar-refractivity contribution in [1.82, 2.24) is 15.0 Å². The number of aromatic nitrogens is 3. The number of hydrogen-bond acceptors (Lipinski definition) is 4. The minimum absolute atomic E-state index is 0.560. The van der Waals surface area contributed by atoms with Crippen LogP contribution in [0, 0.1) is 11.3 Å². The average Bonchev–Trinajstić information content (AvgIpc) is 3.61. The van der Waals surface area contributed by atoms with Gasteiger partial charge in [0, 0.05) is 12.4 Å². The Hall–Kier alpha value is -7.74. The molecule has 3 aromatic heterocycles. The molecule has 0 bridgehead atoms. The Morgan fingerprint density at radius 1 is 0.386 bits per heavy atom. The second-order valence-corrected chi connectivity index (χ2v) is 14.3. The Labute approximate surface area is 332 Å². The lowest BCUT2D eigenvalue weighted by atomic mass is 9.67. The summed E-state index contributed by atoms with van der Waals surface area (Å²) in [5.74, 6) is 0. The van der Waals surface area contributed by atoms with Gasteiger partial charge in [0.15, 0.2) is 0 Å². The van der Waals surface area contributed by atoms with E-state index in [0.29, 0.717) is 5.56 Å². The third kappa shape index (κ3) is 5.73. The molecule has 0 N–H and O–H groups in total. The van der Waals surface area contributed by atoms with E-state index in [2.05, 4.69) is 146 Å². The van der Waals surface area contributed by atoms with E-state index in [-0.39, 0.29) is 0 Å². The van der Waals surface area contributed by atoms with Crippen molar-refractivity contribution in [2.75, 3.05) is 0 Å². The Kier molecular flexibility index (Phi) is 8.39. The molecular formula is C53H34N4. The molecular weight excluding hydrogens is 693 g/mol. The highest BCUT2D eigenvalue weighted by Crippen LogP contribution is 2.59. The second kappa shape index (κ2) is 14.2. The number of hydrogen-bond donors (Lipinski definition) is 0. The first kappa shape index (κ1) is 33.8. The third-order valence-electron chi connectivity index (χ3n) is 11.1. The maximum atomic E-state index is 9.64. The van der Waals surface area contributed by atoms with Gasteiger partial charge in [0.1, 0.15) is 0 Å². The molecule has 4 nitrogen and oxygen atoms in total. The van der Waals surface area contributed by atoms with Crippen LogP contribution in [0.2, 0.25) is 0 Å². The van der Waals surface area contributed by atoms with Crippen molar-refractivity contribution in [3.63, 3.8) is 0 Å². The smallest absolute Gasteiger partial charge is 0.0991 e. The highest BCUT2D eigenvalue weighted by molar-refractivity contribution is 6.02. The number of benzene rings is 6. The van der Waals surface area contributed by atoms with Crippen LogP contribution in [-0.2, 0) is 5.41 Å². The summed E-state index contributed by atoms with van der Waals surface area (Å²) in [6.45, 7) is 0. The Bertz CT molecular complexity index is 2840. The van der Waals surface area contributed by atoms with Crippen LogP contribution in [0.25, 0.3) is 67.3 Å². The van der Waals surface area contributed by atoms with Gasteiger partial charge < -0.3 is 0 Å². The monoisotopic (exact) mass is 726 g/mol. The van der Waals surface area contributed by atoms with Crippen LogP contribution in [0.4, 0.5) is 0 Å². The molecule has 1 aliphatic rings. The largest absolute Gasteiger partial charge is 0.255 e. The zero-order valence-corrected chi connectivity index (χ0v) is 30.9. The molecule has 0 spiro atoms. The van der Waals surface area contributed by atoms with Crippen LogP contribution < -0.4 is 0 Å². The highest BCUT2D eigenvalue weighted by Gasteiger charge is 2.47. The first-order valence-corrected chi connectivity index (χ1v) is 19.1. The molecule has 3 heterocycles. The van der Waals surface area contributed by atoms with Gasteiger partial charge in [0.2, 0.25) is 0 Å². The molecule has 1 aliphatic carbocycles. The van der Waals surface area contributed by atoms with Gasteiger partial charge in [-0.1, -0.05) is 146 Å². The number of rotatable bonds is 7. The minimum atomic E-state index is -0.560. The number of nitrogens with zero attached hydrogens (tertiary/aromatic N) is 4. The molecule has 0 atom stereocenters. The Balaban J connectivity index is 1.30. The van der Waals surface area contributed by atoms with Crippen molar-refractivity contribution in [3.05, 3.63) is 234 Å². The number of fused-ring (bicyclic) bond motifs is 3. The summed E-state index contributed by atoms with van der Waals surface area (Å²) in [4.78, 5) is 14.6.